The number of hydrogen-bond donors (Lipinski definition) is 2. The van der Waals surface area contributed by atoms with Gasteiger partial charge in [0.1, 0.15) is 5.75 Å². The first-order valence-corrected chi connectivity index (χ1v) is 10.8. The van der Waals surface area contributed by atoms with Crippen molar-refractivity contribution < 1.29 is 27.9 Å². The topological polar surface area (TPSA) is 118 Å². The van der Waals surface area contributed by atoms with Gasteiger partial charge in [-0.25, -0.2) is 23.7 Å². The molecule has 160 valence electrons. The second-order valence-corrected chi connectivity index (χ2v) is 8.57. The monoisotopic (exact) mass is 441 g/mol. The number of ether oxygens (including phenoxy) is 2. The number of benzene rings is 2. The predicted molar refractivity (Wildman–Crippen MR) is 109 cm³/mol. The van der Waals surface area contributed by atoms with Gasteiger partial charge in [-0.05, 0) is 42.3 Å². The summed E-state index contributed by atoms with van der Waals surface area (Å²) in [6.45, 7) is 0.106. The lowest BCUT2D eigenvalue weighted by atomic mass is 10.00. The molecule has 9 nitrogen and oxygen atoms in total. The second-order valence-electron chi connectivity index (χ2n) is 6.68. The van der Waals surface area contributed by atoms with Crippen LogP contribution in [0.4, 0.5) is 4.79 Å². The number of nitrogens with zero attached hydrogens (tertiary/aromatic N) is 2. The van der Waals surface area contributed by atoms with E-state index in [1.807, 2.05) is 12.1 Å². The number of hydroxylamine groups is 1. The van der Waals surface area contributed by atoms with Crippen molar-refractivity contribution in [3.8, 4) is 11.6 Å². The van der Waals surface area contributed by atoms with Gasteiger partial charge in [-0.3, -0.25) is 5.21 Å². The van der Waals surface area contributed by atoms with E-state index in [0.29, 0.717) is 23.6 Å². The number of carbonyl (C=O) groups is 1. The highest BCUT2D eigenvalue weighted by Crippen LogP contribution is 2.35. The van der Waals surface area contributed by atoms with E-state index in [0.717, 1.165) is 9.87 Å². The van der Waals surface area contributed by atoms with Gasteiger partial charge in [0.2, 0.25) is 15.9 Å². The van der Waals surface area contributed by atoms with Crippen LogP contribution in [0.1, 0.15) is 17.4 Å². The molecule has 0 spiro atoms. The summed E-state index contributed by atoms with van der Waals surface area (Å²) in [6, 6.07) is 18.2. The molecule has 0 radical (unpaired) electrons. The van der Waals surface area contributed by atoms with E-state index in [-0.39, 0.29) is 11.4 Å². The number of rotatable bonds is 5. The Kier molecular flexibility index (Phi) is 5.85. The first-order valence-electron chi connectivity index (χ1n) is 9.38. The number of hydrogen-bond acceptors (Lipinski definition) is 7. The largest absolute Gasteiger partial charge is 0.439 e. The molecule has 3 aromatic rings. The zero-order valence-electron chi connectivity index (χ0n) is 16.2. The molecule has 1 aromatic heterocycles. The van der Waals surface area contributed by atoms with Crippen LogP contribution < -0.4 is 10.2 Å². The molecule has 10 heteroatoms. The third kappa shape index (κ3) is 4.36. The molecule has 2 aromatic carbocycles. The van der Waals surface area contributed by atoms with Crippen molar-refractivity contribution in [3.05, 3.63) is 84.1 Å². The molecular formula is C21H19N3O6S. The summed E-state index contributed by atoms with van der Waals surface area (Å²) in [6.07, 6.45) is -0.324. The van der Waals surface area contributed by atoms with E-state index in [9.17, 15) is 13.2 Å². The average molecular weight is 441 g/mol. The normalized spacial score (nSPS) is 16.2. The summed E-state index contributed by atoms with van der Waals surface area (Å²) in [7, 11) is -4.02. The van der Waals surface area contributed by atoms with E-state index in [1.54, 1.807) is 36.5 Å². The maximum absolute atomic E-state index is 13.3. The SMILES string of the molecule is O=C(NO)O[C@@H]1c2ccccc2CCN1S(=O)(=O)c1ccc(Oc2ccccn2)cc1. The molecular weight excluding hydrogens is 422 g/mol. The molecule has 0 aliphatic carbocycles. The number of amides is 1. The molecule has 0 unspecified atom stereocenters. The van der Waals surface area contributed by atoms with Crippen LogP contribution in [0.25, 0.3) is 0 Å². The number of sulfonamides is 1. The molecule has 0 saturated heterocycles. The summed E-state index contributed by atoms with van der Waals surface area (Å²) < 4.78 is 38.6. The lowest BCUT2D eigenvalue weighted by Gasteiger charge is -2.35. The van der Waals surface area contributed by atoms with E-state index in [1.165, 1.54) is 29.7 Å². The van der Waals surface area contributed by atoms with Crippen LogP contribution in [0.2, 0.25) is 0 Å². The van der Waals surface area contributed by atoms with Crippen LogP contribution in [-0.2, 0) is 21.2 Å². The Morgan fingerprint density at radius 1 is 1.06 bits per heavy atom. The van der Waals surface area contributed by atoms with Gasteiger partial charge >= 0.3 is 6.09 Å². The molecule has 4 rings (SSSR count). The average Bonchev–Trinajstić information content (AvgIpc) is 2.80. The molecule has 1 atom stereocenters. The van der Waals surface area contributed by atoms with Crippen molar-refractivity contribution in [3.63, 3.8) is 0 Å². The van der Waals surface area contributed by atoms with Crippen LogP contribution >= 0.6 is 0 Å². The van der Waals surface area contributed by atoms with Gasteiger partial charge in [0.25, 0.3) is 0 Å². The lowest BCUT2D eigenvalue weighted by Crippen LogP contribution is -2.43. The highest BCUT2D eigenvalue weighted by molar-refractivity contribution is 7.89. The van der Waals surface area contributed by atoms with E-state index in [2.05, 4.69) is 4.98 Å². The molecule has 1 aliphatic heterocycles. The molecule has 2 N–H and O–H groups in total. The highest BCUT2D eigenvalue weighted by atomic mass is 32.2. The first-order chi connectivity index (χ1) is 15.0. The van der Waals surface area contributed by atoms with E-state index in [4.69, 9.17) is 14.7 Å². The Bertz CT molecular complexity index is 1170. The van der Waals surface area contributed by atoms with Crippen LogP contribution in [0.5, 0.6) is 11.6 Å². The molecule has 2 heterocycles. The Morgan fingerprint density at radius 2 is 1.81 bits per heavy atom. The van der Waals surface area contributed by atoms with Crippen molar-refractivity contribution in [2.75, 3.05) is 6.54 Å². The minimum Gasteiger partial charge on any atom is -0.439 e. The van der Waals surface area contributed by atoms with Gasteiger partial charge < -0.3 is 9.47 Å². The molecule has 0 bridgehead atoms. The molecule has 1 amide bonds. The van der Waals surface area contributed by atoms with Crippen molar-refractivity contribution in [1.29, 1.82) is 0 Å². The fraction of sp³-hybridized carbons (Fsp3) is 0.143. The number of fused-ring (bicyclic) bond motifs is 1. The number of pyridine rings is 1. The van der Waals surface area contributed by atoms with Crippen LogP contribution in [0, 0.1) is 0 Å². The zero-order valence-corrected chi connectivity index (χ0v) is 17.0. The summed E-state index contributed by atoms with van der Waals surface area (Å²) >= 11 is 0. The van der Waals surface area contributed by atoms with E-state index >= 15 is 0 Å². The third-order valence-electron chi connectivity index (χ3n) is 4.78. The van der Waals surface area contributed by atoms with Gasteiger partial charge in [-0.15, -0.1) is 0 Å². The minimum absolute atomic E-state index is 0.0123. The fourth-order valence-corrected chi connectivity index (χ4v) is 4.84. The summed E-state index contributed by atoms with van der Waals surface area (Å²) in [5.41, 5.74) is 2.78. The number of aromatic nitrogens is 1. The Labute approximate surface area is 178 Å². The number of carbonyl (C=O) groups excluding carboxylic acids is 1. The standard InChI is InChI=1S/C21H19N3O6S/c25-21(23-26)30-20-18-6-2-1-5-15(18)12-14-24(20)31(27,28)17-10-8-16(9-11-17)29-19-7-3-4-13-22-19/h1-11,13,20,26H,12,14H2,(H,23,25)/t20-/m1/s1. The lowest BCUT2D eigenvalue weighted by molar-refractivity contribution is 0.00236. The maximum atomic E-state index is 13.3. The second kappa shape index (κ2) is 8.72. The highest BCUT2D eigenvalue weighted by Gasteiger charge is 2.38. The quantitative estimate of drug-likeness (QED) is 0.461. The molecule has 31 heavy (non-hydrogen) atoms. The van der Waals surface area contributed by atoms with Crippen molar-refractivity contribution in [1.82, 2.24) is 14.8 Å². The molecule has 0 fully saturated rings. The Morgan fingerprint density at radius 3 is 2.52 bits per heavy atom. The van der Waals surface area contributed by atoms with Crippen LogP contribution in [0.3, 0.4) is 0 Å². The van der Waals surface area contributed by atoms with E-state index < -0.39 is 22.3 Å². The molecule has 1 aliphatic rings. The van der Waals surface area contributed by atoms with Crippen LogP contribution in [0.15, 0.2) is 77.8 Å². The van der Waals surface area contributed by atoms with Gasteiger partial charge in [0.05, 0.1) is 4.90 Å². The number of nitrogens with one attached hydrogen (secondary N) is 1. The Hall–Kier alpha value is -3.47. The summed E-state index contributed by atoms with van der Waals surface area (Å²) in [5.74, 6) is 0.809. The van der Waals surface area contributed by atoms with Crippen molar-refractivity contribution in [2.24, 2.45) is 0 Å². The van der Waals surface area contributed by atoms with Crippen LogP contribution in [-0.4, -0.2) is 35.6 Å². The molecule has 0 saturated carbocycles. The van der Waals surface area contributed by atoms with Crippen molar-refractivity contribution in [2.45, 2.75) is 17.5 Å². The Balaban J connectivity index is 1.62. The van der Waals surface area contributed by atoms with Gasteiger partial charge in [0.15, 0.2) is 6.23 Å². The summed E-state index contributed by atoms with van der Waals surface area (Å²) in [4.78, 5) is 15.8. The first kappa shape index (κ1) is 20.8. The maximum Gasteiger partial charge on any atom is 0.432 e. The van der Waals surface area contributed by atoms with Gasteiger partial charge in [0, 0.05) is 24.4 Å². The fourth-order valence-electron chi connectivity index (χ4n) is 3.35. The third-order valence-corrected chi connectivity index (χ3v) is 6.64. The summed E-state index contributed by atoms with van der Waals surface area (Å²) in [5, 5.41) is 8.86. The smallest absolute Gasteiger partial charge is 0.432 e. The zero-order chi connectivity index (χ0) is 21.8. The van der Waals surface area contributed by atoms with Gasteiger partial charge in [-0.2, -0.15) is 4.31 Å². The van der Waals surface area contributed by atoms with Gasteiger partial charge in [-0.1, -0.05) is 30.3 Å². The minimum atomic E-state index is -4.02. The predicted octanol–water partition coefficient (Wildman–Crippen LogP) is 3.23. The van der Waals surface area contributed by atoms with Crippen molar-refractivity contribution >= 4 is 16.1 Å².